The highest BCUT2D eigenvalue weighted by atomic mass is 19.1. The van der Waals surface area contributed by atoms with E-state index in [-0.39, 0.29) is 11.7 Å². The average molecular weight is 259 g/mol. The van der Waals surface area contributed by atoms with Gasteiger partial charge in [0.1, 0.15) is 11.9 Å². The van der Waals surface area contributed by atoms with Crippen LogP contribution < -0.4 is 5.73 Å². The van der Waals surface area contributed by atoms with Gasteiger partial charge in [-0.15, -0.1) is 0 Å². The second-order valence-corrected chi connectivity index (χ2v) is 4.43. The van der Waals surface area contributed by atoms with E-state index in [2.05, 4.69) is 0 Å². The molecule has 0 radical (unpaired) electrons. The van der Waals surface area contributed by atoms with E-state index in [9.17, 15) is 9.18 Å². The van der Waals surface area contributed by atoms with E-state index in [0.717, 1.165) is 5.56 Å². The zero-order chi connectivity index (χ0) is 13.8. The number of benzene rings is 1. The summed E-state index contributed by atoms with van der Waals surface area (Å²) < 4.78 is 12.8. The van der Waals surface area contributed by atoms with Crippen LogP contribution in [0.15, 0.2) is 36.4 Å². The number of rotatable bonds is 3. The first-order chi connectivity index (χ1) is 9.11. The molecule has 0 aliphatic carbocycles. The van der Waals surface area contributed by atoms with Crippen LogP contribution in [0.5, 0.6) is 0 Å². The van der Waals surface area contributed by atoms with Gasteiger partial charge in [-0.05, 0) is 30.2 Å². The van der Waals surface area contributed by atoms with E-state index >= 15 is 0 Å². The molecule has 0 bridgehead atoms. The second kappa shape index (κ2) is 5.63. The first-order valence-electron chi connectivity index (χ1n) is 5.98. The lowest BCUT2D eigenvalue weighted by Gasteiger charge is -2.23. The van der Waals surface area contributed by atoms with Crippen LogP contribution in [-0.2, 0) is 11.2 Å². The number of nitrogens with two attached hydrogens (primary N) is 1. The highest BCUT2D eigenvalue weighted by molar-refractivity contribution is 5.83. The van der Waals surface area contributed by atoms with Gasteiger partial charge >= 0.3 is 0 Å². The van der Waals surface area contributed by atoms with Crippen LogP contribution in [0.3, 0.4) is 0 Å². The minimum Gasteiger partial charge on any atom is -0.320 e. The van der Waals surface area contributed by atoms with Gasteiger partial charge in [-0.25, -0.2) is 4.39 Å². The molecule has 0 saturated carbocycles. The molecule has 1 aromatic carbocycles. The molecule has 98 valence electrons. The summed E-state index contributed by atoms with van der Waals surface area (Å²) in [7, 11) is 0. The lowest BCUT2D eigenvalue weighted by Crippen LogP contribution is -2.46. The summed E-state index contributed by atoms with van der Waals surface area (Å²) in [6.07, 6.45) is 3.78. The van der Waals surface area contributed by atoms with E-state index in [1.54, 1.807) is 24.3 Å². The number of nitrogens with zero attached hydrogens (tertiary/aromatic N) is 2. The predicted molar refractivity (Wildman–Crippen MR) is 68.3 cm³/mol. The number of halogens is 1. The zero-order valence-electron chi connectivity index (χ0n) is 10.3. The average Bonchev–Trinajstić information content (AvgIpc) is 2.88. The first kappa shape index (κ1) is 13.2. The van der Waals surface area contributed by atoms with Crippen LogP contribution in [0.4, 0.5) is 4.39 Å². The van der Waals surface area contributed by atoms with Crippen LogP contribution in [-0.4, -0.2) is 29.4 Å². The van der Waals surface area contributed by atoms with Crippen LogP contribution in [0.2, 0.25) is 0 Å². The summed E-state index contributed by atoms with van der Waals surface area (Å²) in [6.45, 7) is 0.411. The minimum absolute atomic E-state index is 0.263. The molecule has 1 amide bonds. The molecule has 1 aliphatic rings. The molecular formula is C14H14FN3O. The maximum absolute atomic E-state index is 12.8. The Kier molecular flexibility index (Phi) is 3.93. The van der Waals surface area contributed by atoms with Crippen molar-refractivity contribution in [2.45, 2.75) is 18.5 Å². The summed E-state index contributed by atoms with van der Waals surface area (Å²) in [6, 6.07) is 6.66. The van der Waals surface area contributed by atoms with Crippen molar-refractivity contribution in [1.29, 1.82) is 5.26 Å². The van der Waals surface area contributed by atoms with Crippen LogP contribution in [0, 0.1) is 17.1 Å². The highest BCUT2D eigenvalue weighted by Gasteiger charge is 2.28. The standard InChI is InChI=1S/C14H14FN3O/c15-11-5-3-10(4-6-11)8-13(17)14(19)18-7-1-2-12(18)9-16/h1-6,12-13H,7-8,17H2/t12-,13?/m0/s1. The van der Waals surface area contributed by atoms with Gasteiger partial charge in [-0.2, -0.15) is 5.26 Å². The molecule has 1 heterocycles. The summed E-state index contributed by atoms with van der Waals surface area (Å²) in [5.41, 5.74) is 6.66. The van der Waals surface area contributed by atoms with Crippen LogP contribution in [0.1, 0.15) is 5.56 Å². The second-order valence-electron chi connectivity index (χ2n) is 4.43. The third-order valence-electron chi connectivity index (χ3n) is 3.06. The van der Waals surface area contributed by atoms with Crippen molar-refractivity contribution in [3.8, 4) is 6.07 Å². The summed E-state index contributed by atoms with van der Waals surface area (Å²) in [4.78, 5) is 13.6. The number of amides is 1. The van der Waals surface area contributed by atoms with Crippen molar-refractivity contribution in [3.63, 3.8) is 0 Å². The predicted octanol–water partition coefficient (Wildman–Crippen LogP) is 0.986. The van der Waals surface area contributed by atoms with E-state index < -0.39 is 12.1 Å². The van der Waals surface area contributed by atoms with Crippen molar-refractivity contribution < 1.29 is 9.18 Å². The third-order valence-corrected chi connectivity index (χ3v) is 3.06. The lowest BCUT2D eigenvalue weighted by atomic mass is 10.1. The monoisotopic (exact) mass is 259 g/mol. The molecule has 0 fully saturated rings. The first-order valence-corrected chi connectivity index (χ1v) is 5.98. The van der Waals surface area contributed by atoms with Crippen molar-refractivity contribution in [1.82, 2.24) is 4.90 Å². The third kappa shape index (κ3) is 2.98. The Labute approximate surface area is 110 Å². The summed E-state index contributed by atoms with van der Waals surface area (Å²) in [5, 5.41) is 8.91. The number of carbonyl (C=O) groups is 1. The molecular weight excluding hydrogens is 245 g/mol. The Morgan fingerprint density at radius 3 is 2.84 bits per heavy atom. The molecule has 2 atom stereocenters. The maximum atomic E-state index is 12.8. The molecule has 1 aromatic rings. The van der Waals surface area contributed by atoms with Gasteiger partial charge in [-0.1, -0.05) is 18.2 Å². The number of nitriles is 1. The molecule has 2 rings (SSSR count). The SMILES string of the molecule is N#C[C@@H]1C=CCN1C(=O)C(N)Cc1ccc(F)cc1. The Balaban J connectivity index is 2.00. The van der Waals surface area contributed by atoms with Gasteiger partial charge in [-0.3, -0.25) is 4.79 Å². The van der Waals surface area contributed by atoms with Gasteiger partial charge in [0.15, 0.2) is 0 Å². The van der Waals surface area contributed by atoms with Gasteiger partial charge in [0.2, 0.25) is 5.91 Å². The van der Waals surface area contributed by atoms with E-state index in [0.29, 0.717) is 13.0 Å². The van der Waals surface area contributed by atoms with Gasteiger partial charge in [0.25, 0.3) is 0 Å². The molecule has 4 nitrogen and oxygen atoms in total. The molecule has 0 aromatic heterocycles. The Bertz CT molecular complexity index is 533. The van der Waals surface area contributed by atoms with E-state index in [4.69, 9.17) is 11.0 Å². The van der Waals surface area contributed by atoms with Gasteiger partial charge < -0.3 is 10.6 Å². The molecule has 1 aliphatic heterocycles. The molecule has 1 unspecified atom stereocenters. The Morgan fingerprint density at radius 1 is 1.53 bits per heavy atom. The van der Waals surface area contributed by atoms with Crippen molar-refractivity contribution in [2.75, 3.05) is 6.54 Å². The molecule has 19 heavy (non-hydrogen) atoms. The van der Waals surface area contributed by atoms with Crippen molar-refractivity contribution in [2.24, 2.45) is 5.73 Å². The number of carbonyl (C=O) groups excluding carboxylic acids is 1. The minimum atomic E-state index is -0.721. The van der Waals surface area contributed by atoms with E-state index in [1.165, 1.54) is 17.0 Å². The normalized spacial score (nSPS) is 19.2. The number of hydrogen-bond acceptors (Lipinski definition) is 3. The van der Waals surface area contributed by atoms with Crippen molar-refractivity contribution >= 4 is 5.91 Å². The molecule has 2 N–H and O–H groups in total. The smallest absolute Gasteiger partial charge is 0.241 e. The lowest BCUT2D eigenvalue weighted by molar-refractivity contribution is -0.132. The maximum Gasteiger partial charge on any atom is 0.241 e. The quantitative estimate of drug-likeness (QED) is 0.823. The fourth-order valence-electron chi connectivity index (χ4n) is 2.04. The fourth-order valence-corrected chi connectivity index (χ4v) is 2.04. The Morgan fingerprint density at radius 2 is 2.21 bits per heavy atom. The van der Waals surface area contributed by atoms with Gasteiger partial charge in [0, 0.05) is 6.54 Å². The highest BCUT2D eigenvalue weighted by Crippen LogP contribution is 2.12. The zero-order valence-corrected chi connectivity index (χ0v) is 10.3. The molecule has 5 heteroatoms. The van der Waals surface area contributed by atoms with Crippen LogP contribution in [0.25, 0.3) is 0 Å². The summed E-state index contributed by atoms with van der Waals surface area (Å²) >= 11 is 0. The van der Waals surface area contributed by atoms with Crippen molar-refractivity contribution in [3.05, 3.63) is 47.8 Å². The number of hydrogen-bond donors (Lipinski definition) is 1. The topological polar surface area (TPSA) is 70.1 Å². The largest absolute Gasteiger partial charge is 0.320 e. The molecule has 0 spiro atoms. The fraction of sp³-hybridized carbons (Fsp3) is 0.286. The van der Waals surface area contributed by atoms with Crippen LogP contribution >= 0.6 is 0 Å². The van der Waals surface area contributed by atoms with Gasteiger partial charge in [0.05, 0.1) is 12.1 Å². The Hall–Kier alpha value is -2.19. The van der Waals surface area contributed by atoms with E-state index in [1.807, 2.05) is 6.07 Å². The summed E-state index contributed by atoms with van der Waals surface area (Å²) in [5.74, 6) is -0.585. The molecule has 0 saturated heterocycles.